The normalized spacial score (nSPS) is 29.0. The molecule has 1 fully saturated rings. The van der Waals surface area contributed by atoms with Crippen LogP contribution >= 0.6 is 0 Å². The van der Waals surface area contributed by atoms with Crippen molar-refractivity contribution in [2.45, 2.75) is 47.0 Å². The fourth-order valence-electron chi connectivity index (χ4n) is 2.61. The summed E-state index contributed by atoms with van der Waals surface area (Å²) >= 11 is 0. The Labute approximate surface area is 105 Å². The lowest BCUT2D eigenvalue weighted by molar-refractivity contribution is -0.145. The molecular weight excluding hydrogens is 212 g/mol. The van der Waals surface area contributed by atoms with Crippen LogP contribution in [0.5, 0.6) is 0 Å². The molecule has 0 heterocycles. The van der Waals surface area contributed by atoms with Gasteiger partial charge in [0.15, 0.2) is 0 Å². The molecular formula is C14H24N2O. The molecule has 3 nitrogen and oxygen atoms in total. The Bertz CT molecular complexity index is 313. The first kappa shape index (κ1) is 14.0. The molecule has 17 heavy (non-hydrogen) atoms. The third-order valence-corrected chi connectivity index (χ3v) is 3.92. The van der Waals surface area contributed by atoms with Crippen LogP contribution in [0, 0.1) is 28.6 Å². The van der Waals surface area contributed by atoms with Crippen LogP contribution in [0.2, 0.25) is 0 Å². The van der Waals surface area contributed by atoms with E-state index < -0.39 is 5.41 Å². The molecule has 0 spiro atoms. The molecule has 1 unspecified atom stereocenters. The van der Waals surface area contributed by atoms with Crippen molar-refractivity contribution in [3.8, 4) is 6.07 Å². The van der Waals surface area contributed by atoms with Gasteiger partial charge in [-0.05, 0) is 31.6 Å². The van der Waals surface area contributed by atoms with E-state index in [-0.39, 0.29) is 5.91 Å². The minimum absolute atomic E-state index is 0.0564. The highest BCUT2D eigenvalue weighted by molar-refractivity contribution is 5.86. The van der Waals surface area contributed by atoms with Gasteiger partial charge in [0.25, 0.3) is 0 Å². The standard InChI is InChI=1S/C14H24N2O/c1-5-11(3)9-16(6-2)13(17)14(10-15)7-12(4)8-14/h11-12H,5-9H2,1-4H3. The average molecular weight is 236 g/mol. The van der Waals surface area contributed by atoms with Gasteiger partial charge in [0, 0.05) is 13.1 Å². The number of carbonyl (C=O) groups is 1. The SMILES string of the molecule is CCC(C)CN(CC)C(=O)C1(C#N)CC(C)C1. The molecule has 0 bridgehead atoms. The highest BCUT2D eigenvalue weighted by Crippen LogP contribution is 2.46. The van der Waals surface area contributed by atoms with E-state index >= 15 is 0 Å². The van der Waals surface area contributed by atoms with E-state index in [0.717, 1.165) is 25.8 Å². The van der Waals surface area contributed by atoms with Crippen LogP contribution < -0.4 is 0 Å². The summed E-state index contributed by atoms with van der Waals surface area (Å²) in [4.78, 5) is 14.3. The van der Waals surface area contributed by atoms with Crippen LogP contribution in [0.15, 0.2) is 0 Å². The van der Waals surface area contributed by atoms with E-state index in [9.17, 15) is 10.1 Å². The van der Waals surface area contributed by atoms with Gasteiger partial charge in [0.05, 0.1) is 6.07 Å². The van der Waals surface area contributed by atoms with Gasteiger partial charge in [-0.1, -0.05) is 27.2 Å². The van der Waals surface area contributed by atoms with Crippen molar-refractivity contribution in [1.29, 1.82) is 5.26 Å². The van der Waals surface area contributed by atoms with Gasteiger partial charge < -0.3 is 4.90 Å². The predicted octanol–water partition coefficient (Wildman–Crippen LogP) is 2.82. The Morgan fingerprint density at radius 1 is 1.53 bits per heavy atom. The highest BCUT2D eigenvalue weighted by Gasteiger charge is 2.50. The zero-order chi connectivity index (χ0) is 13.1. The number of nitriles is 1. The van der Waals surface area contributed by atoms with Crippen LogP contribution in [0.25, 0.3) is 0 Å². The lowest BCUT2D eigenvalue weighted by atomic mass is 9.62. The van der Waals surface area contributed by atoms with Crippen LogP contribution in [0.4, 0.5) is 0 Å². The van der Waals surface area contributed by atoms with Gasteiger partial charge in [0.1, 0.15) is 5.41 Å². The van der Waals surface area contributed by atoms with Crippen molar-refractivity contribution in [2.75, 3.05) is 13.1 Å². The van der Waals surface area contributed by atoms with E-state index in [1.165, 1.54) is 0 Å². The molecule has 0 aliphatic heterocycles. The quantitative estimate of drug-likeness (QED) is 0.736. The minimum Gasteiger partial charge on any atom is -0.341 e. The Morgan fingerprint density at radius 3 is 2.47 bits per heavy atom. The Morgan fingerprint density at radius 2 is 2.12 bits per heavy atom. The van der Waals surface area contributed by atoms with Crippen molar-refractivity contribution >= 4 is 5.91 Å². The molecule has 1 atom stereocenters. The summed E-state index contributed by atoms with van der Waals surface area (Å²) in [5.41, 5.74) is -0.705. The zero-order valence-electron chi connectivity index (χ0n) is 11.5. The number of carbonyl (C=O) groups excluding carboxylic acids is 1. The summed E-state index contributed by atoms with van der Waals surface area (Å²) in [7, 11) is 0. The predicted molar refractivity (Wildman–Crippen MR) is 68.2 cm³/mol. The maximum Gasteiger partial charge on any atom is 0.243 e. The van der Waals surface area contributed by atoms with E-state index in [4.69, 9.17) is 0 Å². The third-order valence-electron chi connectivity index (χ3n) is 3.92. The molecule has 96 valence electrons. The first-order chi connectivity index (χ1) is 7.99. The summed E-state index contributed by atoms with van der Waals surface area (Å²) in [5.74, 6) is 1.08. The average Bonchev–Trinajstić information content (AvgIpc) is 2.30. The molecule has 0 saturated heterocycles. The zero-order valence-corrected chi connectivity index (χ0v) is 11.5. The molecule has 0 aromatic carbocycles. The summed E-state index contributed by atoms with van der Waals surface area (Å²) in [6.45, 7) is 9.87. The molecule has 0 N–H and O–H groups in total. The Hall–Kier alpha value is -1.04. The maximum absolute atomic E-state index is 12.4. The molecule has 1 aliphatic carbocycles. The molecule has 0 aromatic rings. The number of rotatable bonds is 5. The number of nitrogens with zero attached hydrogens (tertiary/aromatic N) is 2. The van der Waals surface area contributed by atoms with Crippen LogP contribution in [-0.4, -0.2) is 23.9 Å². The fraction of sp³-hybridized carbons (Fsp3) is 0.857. The van der Waals surface area contributed by atoms with Gasteiger partial charge in [0.2, 0.25) is 5.91 Å². The van der Waals surface area contributed by atoms with Crippen LogP contribution in [0.3, 0.4) is 0 Å². The second-order valence-electron chi connectivity index (χ2n) is 5.56. The van der Waals surface area contributed by atoms with Crippen molar-refractivity contribution in [3.05, 3.63) is 0 Å². The summed E-state index contributed by atoms with van der Waals surface area (Å²) in [6, 6.07) is 2.26. The Kier molecular flexibility index (Phi) is 4.56. The topological polar surface area (TPSA) is 44.1 Å². The highest BCUT2D eigenvalue weighted by atomic mass is 16.2. The summed E-state index contributed by atoms with van der Waals surface area (Å²) in [5, 5.41) is 9.26. The van der Waals surface area contributed by atoms with Crippen LogP contribution in [-0.2, 0) is 4.79 Å². The molecule has 0 radical (unpaired) electrons. The second-order valence-corrected chi connectivity index (χ2v) is 5.56. The minimum atomic E-state index is -0.705. The van der Waals surface area contributed by atoms with Crippen molar-refractivity contribution < 1.29 is 4.79 Å². The number of hydrogen-bond acceptors (Lipinski definition) is 2. The van der Waals surface area contributed by atoms with Gasteiger partial charge in [-0.15, -0.1) is 0 Å². The molecule has 3 heteroatoms. The summed E-state index contributed by atoms with van der Waals surface area (Å²) in [6.07, 6.45) is 2.54. The van der Waals surface area contributed by atoms with E-state index in [1.807, 2.05) is 11.8 Å². The molecule has 1 rings (SSSR count). The van der Waals surface area contributed by atoms with Crippen molar-refractivity contribution in [1.82, 2.24) is 4.90 Å². The molecule has 1 saturated carbocycles. The van der Waals surface area contributed by atoms with Gasteiger partial charge >= 0.3 is 0 Å². The summed E-state index contributed by atoms with van der Waals surface area (Å²) < 4.78 is 0. The monoisotopic (exact) mass is 236 g/mol. The Balaban J connectivity index is 2.69. The van der Waals surface area contributed by atoms with Gasteiger partial charge in [-0.25, -0.2) is 0 Å². The maximum atomic E-state index is 12.4. The third kappa shape index (κ3) is 2.80. The lowest BCUT2D eigenvalue weighted by Crippen LogP contribution is -2.50. The van der Waals surface area contributed by atoms with Crippen molar-refractivity contribution in [3.63, 3.8) is 0 Å². The molecule has 0 aromatic heterocycles. The van der Waals surface area contributed by atoms with E-state index in [2.05, 4.69) is 26.8 Å². The first-order valence-electron chi connectivity index (χ1n) is 6.69. The second kappa shape index (κ2) is 5.53. The largest absolute Gasteiger partial charge is 0.341 e. The van der Waals surface area contributed by atoms with Gasteiger partial charge in [-0.2, -0.15) is 5.26 Å². The number of amides is 1. The molecule has 1 amide bonds. The van der Waals surface area contributed by atoms with E-state index in [0.29, 0.717) is 18.4 Å². The van der Waals surface area contributed by atoms with Gasteiger partial charge in [-0.3, -0.25) is 4.79 Å². The number of hydrogen-bond donors (Lipinski definition) is 0. The van der Waals surface area contributed by atoms with E-state index in [1.54, 1.807) is 0 Å². The van der Waals surface area contributed by atoms with Crippen molar-refractivity contribution in [2.24, 2.45) is 17.3 Å². The first-order valence-corrected chi connectivity index (χ1v) is 6.69. The lowest BCUT2D eigenvalue weighted by Gasteiger charge is -2.42. The smallest absolute Gasteiger partial charge is 0.243 e. The fourth-order valence-corrected chi connectivity index (χ4v) is 2.61. The molecule has 1 aliphatic rings. The van der Waals surface area contributed by atoms with Crippen LogP contribution in [0.1, 0.15) is 47.0 Å².